The molecule has 6 rings (SSSR count). The topological polar surface area (TPSA) is 87.8 Å². The molecule has 1 amide bonds. The minimum atomic E-state index is -0.936. The van der Waals surface area contributed by atoms with Gasteiger partial charge in [-0.2, -0.15) is 0 Å². The van der Waals surface area contributed by atoms with Gasteiger partial charge in [-0.15, -0.1) is 11.8 Å². The number of anilines is 2. The molecule has 228 valence electrons. The van der Waals surface area contributed by atoms with Crippen LogP contribution >= 0.6 is 11.8 Å². The van der Waals surface area contributed by atoms with E-state index in [1.165, 1.54) is 40.9 Å². The molecular formula is C33H30F3N3O4S. The zero-order chi connectivity index (χ0) is 31.3. The Hall–Kier alpha value is -4.38. The lowest BCUT2D eigenvalue weighted by molar-refractivity contribution is 0.0974. The first-order valence-corrected chi connectivity index (χ1v) is 15.0. The van der Waals surface area contributed by atoms with E-state index in [-0.39, 0.29) is 40.3 Å². The van der Waals surface area contributed by atoms with Crippen LogP contribution < -0.4 is 15.0 Å². The van der Waals surface area contributed by atoms with Crippen molar-refractivity contribution < 1.29 is 32.2 Å². The highest BCUT2D eigenvalue weighted by molar-refractivity contribution is 8.03. The summed E-state index contributed by atoms with van der Waals surface area (Å²) in [6, 6.07) is 11.3. The van der Waals surface area contributed by atoms with Crippen LogP contribution in [-0.4, -0.2) is 21.8 Å². The van der Waals surface area contributed by atoms with E-state index < -0.39 is 29.4 Å². The first-order valence-electron chi connectivity index (χ1n) is 14.0. The van der Waals surface area contributed by atoms with Gasteiger partial charge in [-0.05, 0) is 55.2 Å². The molecule has 3 heterocycles. The lowest BCUT2D eigenvalue weighted by Gasteiger charge is -2.37. The molecule has 0 aliphatic carbocycles. The third-order valence-electron chi connectivity index (χ3n) is 7.63. The van der Waals surface area contributed by atoms with Gasteiger partial charge in [-0.1, -0.05) is 19.9 Å². The third kappa shape index (κ3) is 5.52. The molecule has 0 saturated heterocycles. The van der Waals surface area contributed by atoms with Gasteiger partial charge in [-0.3, -0.25) is 9.69 Å². The Morgan fingerprint density at radius 2 is 1.93 bits per heavy atom. The van der Waals surface area contributed by atoms with Crippen molar-refractivity contribution >= 4 is 29.0 Å². The molecule has 2 aliphatic rings. The largest absolute Gasteiger partial charge is 0.506 e. The van der Waals surface area contributed by atoms with Gasteiger partial charge in [0.2, 0.25) is 0 Å². The Morgan fingerprint density at radius 1 is 1.14 bits per heavy atom. The number of oxazole rings is 1. The Balaban J connectivity index is 1.48. The summed E-state index contributed by atoms with van der Waals surface area (Å²) < 4.78 is 55.0. The second-order valence-electron chi connectivity index (χ2n) is 11.7. The van der Waals surface area contributed by atoms with Gasteiger partial charge in [-0.25, -0.2) is 18.2 Å². The van der Waals surface area contributed by atoms with Crippen molar-refractivity contribution in [3.05, 3.63) is 111 Å². The van der Waals surface area contributed by atoms with Gasteiger partial charge in [0, 0.05) is 46.5 Å². The molecule has 0 bridgehead atoms. The van der Waals surface area contributed by atoms with Crippen molar-refractivity contribution in [2.45, 2.75) is 46.8 Å². The zero-order valence-corrected chi connectivity index (χ0v) is 25.3. The van der Waals surface area contributed by atoms with Crippen LogP contribution in [0.15, 0.2) is 69.6 Å². The number of carbonyl (C=O) groups is 1. The van der Waals surface area contributed by atoms with Crippen molar-refractivity contribution in [3.63, 3.8) is 0 Å². The molecule has 4 aromatic rings. The number of nitrogens with one attached hydrogen (secondary N) is 1. The maximum absolute atomic E-state index is 16.2. The van der Waals surface area contributed by atoms with E-state index in [1.54, 1.807) is 32.0 Å². The van der Waals surface area contributed by atoms with Crippen molar-refractivity contribution in [2.24, 2.45) is 5.41 Å². The third-order valence-corrected chi connectivity index (χ3v) is 9.34. The molecule has 0 radical (unpaired) electrons. The predicted octanol–water partition coefficient (Wildman–Crippen LogP) is 8.18. The van der Waals surface area contributed by atoms with E-state index in [1.807, 2.05) is 0 Å². The minimum Gasteiger partial charge on any atom is -0.506 e. The Labute approximate surface area is 256 Å². The Kier molecular flexibility index (Phi) is 7.61. The first-order chi connectivity index (χ1) is 20.9. The summed E-state index contributed by atoms with van der Waals surface area (Å²) in [5, 5.41) is 14.3. The second-order valence-corrected chi connectivity index (χ2v) is 12.7. The Bertz CT molecular complexity index is 1820. The summed E-state index contributed by atoms with van der Waals surface area (Å²) in [6.07, 6.45) is 0.593. The van der Waals surface area contributed by atoms with Crippen LogP contribution in [-0.2, 0) is 6.61 Å². The number of phenolic OH excluding ortho intramolecular Hbond substituents is 1. The lowest BCUT2D eigenvalue weighted by atomic mass is 9.88. The summed E-state index contributed by atoms with van der Waals surface area (Å²) in [4.78, 5) is 20.9. The number of phenols is 1. The maximum Gasteiger partial charge on any atom is 0.281 e. The van der Waals surface area contributed by atoms with E-state index in [9.17, 15) is 18.7 Å². The normalized spacial score (nSPS) is 17.4. The summed E-state index contributed by atoms with van der Waals surface area (Å²) in [5.41, 5.74) is 1.72. The van der Waals surface area contributed by atoms with E-state index >= 15 is 4.39 Å². The maximum atomic E-state index is 16.2. The molecule has 0 spiro atoms. The molecule has 7 nitrogen and oxygen atoms in total. The van der Waals surface area contributed by atoms with Crippen LogP contribution in [0.25, 0.3) is 0 Å². The number of amides is 1. The number of halogens is 3. The molecule has 1 atom stereocenters. The average Bonchev–Trinajstić information content (AvgIpc) is 3.22. The van der Waals surface area contributed by atoms with Crippen LogP contribution in [0.5, 0.6) is 11.5 Å². The molecule has 0 saturated carbocycles. The SMILES string of the molecule is Cc1nc(C(=O)N2c3cccc(O)c3NC3=C(SCC(C)(C)C3)C2c2ccc(OCc3ccc(F)cc3F)cc2F)c(C)o1. The van der Waals surface area contributed by atoms with Gasteiger partial charge in [0.25, 0.3) is 5.91 Å². The average molecular weight is 622 g/mol. The standard InChI is InChI=1S/C33H30F3N3O4S/c1-17-28(37-18(2)43-17)32(41)39-26-6-5-7-27(40)29(26)38-25-14-33(3,4)16-44-31(25)30(39)22-11-10-21(13-24(22)36)42-15-19-8-9-20(34)12-23(19)35/h5-13,30,38,40H,14-16H2,1-4H3. The molecular weight excluding hydrogens is 591 g/mol. The van der Waals surface area contributed by atoms with Crippen molar-refractivity contribution in [1.29, 1.82) is 0 Å². The van der Waals surface area contributed by atoms with Gasteiger partial charge >= 0.3 is 0 Å². The molecule has 1 unspecified atom stereocenters. The van der Waals surface area contributed by atoms with Crippen LogP contribution in [0.2, 0.25) is 0 Å². The molecule has 2 aliphatic heterocycles. The summed E-state index contributed by atoms with van der Waals surface area (Å²) in [5.74, 6) is -1.25. The van der Waals surface area contributed by atoms with Crippen molar-refractivity contribution in [1.82, 2.24) is 4.98 Å². The molecule has 3 aromatic carbocycles. The molecule has 1 aromatic heterocycles. The fourth-order valence-electron chi connectivity index (χ4n) is 5.56. The van der Waals surface area contributed by atoms with Gasteiger partial charge in [0.15, 0.2) is 11.6 Å². The summed E-state index contributed by atoms with van der Waals surface area (Å²) >= 11 is 1.52. The summed E-state index contributed by atoms with van der Waals surface area (Å²) in [6.45, 7) is 7.29. The Morgan fingerprint density at radius 3 is 2.64 bits per heavy atom. The van der Waals surface area contributed by atoms with Crippen LogP contribution in [0, 0.1) is 36.7 Å². The van der Waals surface area contributed by atoms with E-state index in [0.717, 1.165) is 22.7 Å². The van der Waals surface area contributed by atoms with Crippen LogP contribution in [0.3, 0.4) is 0 Å². The van der Waals surface area contributed by atoms with Crippen LogP contribution in [0.1, 0.15) is 59.6 Å². The molecule has 2 N–H and O–H groups in total. The minimum absolute atomic E-state index is 0.0634. The van der Waals surface area contributed by atoms with Gasteiger partial charge in [0.05, 0.1) is 11.7 Å². The number of benzene rings is 3. The van der Waals surface area contributed by atoms with Gasteiger partial charge in [0.1, 0.15) is 47.0 Å². The quantitative estimate of drug-likeness (QED) is 0.217. The number of aromatic nitrogens is 1. The number of aromatic hydroxyl groups is 1. The predicted molar refractivity (Wildman–Crippen MR) is 162 cm³/mol. The highest BCUT2D eigenvalue weighted by Crippen LogP contribution is 2.54. The molecule has 0 fully saturated rings. The number of carbonyl (C=O) groups excluding carboxylic acids is 1. The van der Waals surface area contributed by atoms with E-state index in [2.05, 4.69) is 24.1 Å². The van der Waals surface area contributed by atoms with Crippen molar-refractivity contribution in [3.8, 4) is 11.5 Å². The molecule has 44 heavy (non-hydrogen) atoms. The second kappa shape index (κ2) is 11.3. The number of nitrogens with zero attached hydrogens (tertiary/aromatic N) is 2. The highest BCUT2D eigenvalue weighted by atomic mass is 32.2. The number of para-hydroxylation sites is 1. The monoisotopic (exact) mass is 621 g/mol. The van der Waals surface area contributed by atoms with E-state index in [0.29, 0.717) is 35.2 Å². The first kappa shape index (κ1) is 29.7. The number of ether oxygens (including phenoxy) is 1. The number of allylic oxidation sites excluding steroid dienone is 1. The van der Waals surface area contributed by atoms with Crippen molar-refractivity contribution in [2.75, 3.05) is 16.0 Å². The fourth-order valence-corrected chi connectivity index (χ4v) is 6.89. The number of aryl methyl sites for hydroxylation is 2. The number of fused-ring (bicyclic) bond motifs is 1. The fraction of sp³-hybridized carbons (Fsp3) is 0.273. The van der Waals surface area contributed by atoms with Crippen LogP contribution in [0.4, 0.5) is 24.5 Å². The highest BCUT2D eigenvalue weighted by Gasteiger charge is 2.43. The number of thioether (sulfide) groups is 1. The van der Waals surface area contributed by atoms with E-state index in [4.69, 9.17) is 9.15 Å². The number of rotatable bonds is 5. The number of hydrogen-bond donors (Lipinski definition) is 2. The zero-order valence-electron chi connectivity index (χ0n) is 24.5. The lowest BCUT2D eigenvalue weighted by Crippen LogP contribution is -2.37. The summed E-state index contributed by atoms with van der Waals surface area (Å²) in [7, 11) is 0. The van der Waals surface area contributed by atoms with Gasteiger partial charge < -0.3 is 19.6 Å². The number of hydrogen-bond acceptors (Lipinski definition) is 7. The molecule has 11 heteroatoms. The smallest absolute Gasteiger partial charge is 0.281 e.